The Morgan fingerprint density at radius 2 is 1.85 bits per heavy atom. The molecule has 2 heterocycles. The second-order valence-electron chi connectivity index (χ2n) is 7.72. The van der Waals surface area contributed by atoms with E-state index >= 15 is 0 Å². The van der Waals surface area contributed by atoms with Crippen molar-refractivity contribution in [2.75, 3.05) is 6.61 Å². The van der Waals surface area contributed by atoms with E-state index in [1.165, 1.54) is 6.33 Å². The number of rotatable bonds is 9. The van der Waals surface area contributed by atoms with E-state index < -0.39 is 11.6 Å². The van der Waals surface area contributed by atoms with Gasteiger partial charge in [0, 0.05) is 15.1 Å². The second-order valence-corrected chi connectivity index (χ2v) is 9.45. The zero-order chi connectivity index (χ0) is 23.2. The lowest BCUT2D eigenvalue weighted by Gasteiger charge is -2.32. The molecular weight excluding hydrogens is 508 g/mol. The van der Waals surface area contributed by atoms with Crippen molar-refractivity contribution >= 4 is 46.4 Å². The monoisotopic (exact) mass is 529 g/mol. The van der Waals surface area contributed by atoms with Gasteiger partial charge in [-0.05, 0) is 54.7 Å². The first kappa shape index (κ1) is 24.7. The topological polar surface area (TPSA) is 58.4 Å². The number of nitrogens with zero attached hydrogens (tertiary/aromatic N) is 3. The molecule has 176 valence electrons. The summed E-state index contributed by atoms with van der Waals surface area (Å²) < 4.78 is 19.9. The van der Waals surface area contributed by atoms with Gasteiger partial charge in [-0.2, -0.15) is 5.10 Å². The van der Waals surface area contributed by atoms with Crippen molar-refractivity contribution in [2.24, 2.45) is 0 Å². The summed E-state index contributed by atoms with van der Waals surface area (Å²) in [6.07, 6.45) is 4.70. The molecule has 0 amide bonds. The molecule has 0 spiro atoms. The van der Waals surface area contributed by atoms with Gasteiger partial charge in [0.2, 0.25) is 0 Å². The second kappa shape index (κ2) is 11.8. The van der Waals surface area contributed by atoms with Crippen LogP contribution in [0.1, 0.15) is 42.0 Å². The average molecular weight is 531 g/mol. The highest BCUT2D eigenvalue weighted by Gasteiger charge is 2.28. The van der Waals surface area contributed by atoms with E-state index in [1.807, 2.05) is 18.2 Å². The smallest absolute Gasteiger partial charge is 0.158 e. The van der Waals surface area contributed by atoms with Crippen LogP contribution in [-0.2, 0) is 20.8 Å². The van der Waals surface area contributed by atoms with Crippen molar-refractivity contribution in [3.8, 4) is 0 Å². The number of benzene rings is 2. The summed E-state index contributed by atoms with van der Waals surface area (Å²) >= 11 is 25.0. The maximum Gasteiger partial charge on any atom is 0.158 e. The van der Waals surface area contributed by atoms with Crippen LogP contribution in [0.25, 0.3) is 0 Å². The first-order chi connectivity index (χ1) is 16.0. The molecular formula is C23H23Cl4N3O3. The van der Waals surface area contributed by atoms with Gasteiger partial charge in [-0.1, -0.05) is 64.6 Å². The van der Waals surface area contributed by atoms with Crippen molar-refractivity contribution in [3.63, 3.8) is 0 Å². The fourth-order valence-corrected chi connectivity index (χ4v) is 4.52. The first-order valence-corrected chi connectivity index (χ1v) is 12.1. The Labute approximate surface area is 212 Å². The van der Waals surface area contributed by atoms with Gasteiger partial charge in [-0.3, -0.25) is 0 Å². The molecule has 33 heavy (non-hydrogen) atoms. The van der Waals surface area contributed by atoms with Gasteiger partial charge in [-0.15, -0.1) is 0 Å². The molecule has 1 aromatic heterocycles. The molecule has 4 atom stereocenters. The van der Waals surface area contributed by atoms with E-state index in [-0.39, 0.29) is 12.4 Å². The summed E-state index contributed by atoms with van der Waals surface area (Å²) in [6, 6.07) is 12.7. The number of aromatic nitrogens is 3. The van der Waals surface area contributed by atoms with Crippen LogP contribution < -0.4 is 0 Å². The van der Waals surface area contributed by atoms with E-state index in [0.717, 1.165) is 30.4 Å². The Morgan fingerprint density at radius 3 is 2.58 bits per heavy atom. The van der Waals surface area contributed by atoms with Gasteiger partial charge < -0.3 is 14.2 Å². The summed E-state index contributed by atoms with van der Waals surface area (Å²) in [4.78, 5) is 3.98. The van der Waals surface area contributed by atoms with Crippen molar-refractivity contribution in [1.82, 2.24) is 14.8 Å². The molecule has 4 rings (SSSR count). The lowest BCUT2D eigenvalue weighted by atomic mass is 10.1. The van der Waals surface area contributed by atoms with Crippen LogP contribution in [0.4, 0.5) is 0 Å². The summed E-state index contributed by atoms with van der Waals surface area (Å²) in [5, 5.41) is 5.96. The highest BCUT2D eigenvalue weighted by Crippen LogP contribution is 2.34. The van der Waals surface area contributed by atoms with Gasteiger partial charge in [-0.25, -0.2) is 9.67 Å². The van der Waals surface area contributed by atoms with Crippen LogP contribution in [0, 0.1) is 0 Å². The van der Waals surface area contributed by atoms with Gasteiger partial charge in [0.15, 0.2) is 11.8 Å². The number of hydrogen-bond donors (Lipinski definition) is 0. The molecule has 2 aromatic carbocycles. The predicted molar refractivity (Wildman–Crippen MR) is 129 cm³/mol. The minimum absolute atomic E-state index is 0.126. The van der Waals surface area contributed by atoms with Crippen LogP contribution in [-0.4, -0.2) is 33.8 Å². The Kier molecular flexibility index (Phi) is 8.88. The number of ether oxygens (including phenoxy) is 3. The fraction of sp³-hybridized carbons (Fsp3) is 0.391. The number of halogens is 4. The molecule has 0 aliphatic carbocycles. The third-order valence-electron chi connectivity index (χ3n) is 5.35. The van der Waals surface area contributed by atoms with Crippen molar-refractivity contribution in [3.05, 3.63) is 81.3 Å². The van der Waals surface area contributed by atoms with Crippen molar-refractivity contribution < 1.29 is 14.2 Å². The predicted octanol–water partition coefficient (Wildman–Crippen LogP) is 6.85. The van der Waals surface area contributed by atoms with Crippen LogP contribution in [0.3, 0.4) is 0 Å². The quantitative estimate of drug-likeness (QED) is 0.283. The molecule has 1 fully saturated rings. The molecule has 0 saturated carbocycles. The largest absolute Gasteiger partial charge is 0.367 e. The highest BCUT2D eigenvalue weighted by molar-refractivity contribution is 6.35. The van der Waals surface area contributed by atoms with E-state index in [1.54, 1.807) is 35.3 Å². The Hall–Kier alpha value is -1.38. The molecule has 6 nitrogen and oxygen atoms in total. The summed E-state index contributed by atoms with van der Waals surface area (Å²) in [5.41, 5.74) is 1.16. The first-order valence-electron chi connectivity index (χ1n) is 10.6. The molecule has 0 radical (unpaired) electrons. The molecule has 1 aliphatic rings. The van der Waals surface area contributed by atoms with E-state index in [9.17, 15) is 0 Å². The van der Waals surface area contributed by atoms with Gasteiger partial charge in [0.25, 0.3) is 0 Å². The highest BCUT2D eigenvalue weighted by atomic mass is 35.5. The van der Waals surface area contributed by atoms with Gasteiger partial charge in [0.05, 0.1) is 19.3 Å². The Bertz CT molecular complexity index is 1020. The van der Waals surface area contributed by atoms with Crippen LogP contribution >= 0.6 is 46.4 Å². The van der Waals surface area contributed by atoms with Crippen molar-refractivity contribution in [2.45, 2.75) is 49.9 Å². The zero-order valence-electron chi connectivity index (χ0n) is 17.6. The van der Waals surface area contributed by atoms with E-state index in [0.29, 0.717) is 28.3 Å². The molecule has 1 saturated heterocycles. The van der Waals surface area contributed by atoms with Crippen LogP contribution in [0.5, 0.6) is 0 Å². The maximum absolute atomic E-state index is 6.69. The minimum Gasteiger partial charge on any atom is -0.367 e. The summed E-state index contributed by atoms with van der Waals surface area (Å²) in [6.45, 7) is 0.699. The molecule has 0 N–H and O–H groups in total. The van der Waals surface area contributed by atoms with Gasteiger partial charge in [0.1, 0.15) is 18.8 Å². The fourth-order valence-electron chi connectivity index (χ4n) is 3.61. The normalized spacial score (nSPS) is 20.5. The number of alkyl halides is 1. The lowest BCUT2D eigenvalue weighted by molar-refractivity contribution is -0.213. The number of hydrogen-bond acceptors (Lipinski definition) is 5. The summed E-state index contributed by atoms with van der Waals surface area (Å²) in [7, 11) is 0. The molecule has 4 unspecified atom stereocenters. The third kappa shape index (κ3) is 6.83. The van der Waals surface area contributed by atoms with E-state index in [2.05, 4.69) is 10.1 Å². The van der Waals surface area contributed by atoms with Crippen LogP contribution in [0.2, 0.25) is 15.1 Å². The molecule has 0 bridgehead atoms. The average Bonchev–Trinajstić information content (AvgIpc) is 3.35. The SMILES string of the molecule is Clc1ccc(C(OCC2CCCC(OCc3ccc(Cl)cc3Cl)O2)C(Cl)n2cncn2)cc1. The van der Waals surface area contributed by atoms with E-state index in [4.69, 9.17) is 60.6 Å². The standard InChI is InChI=1S/C23H23Cl4N3O3/c24-17-7-4-15(5-8-17)22(23(27)30-14-28-13-29-30)32-12-19-2-1-3-21(33-19)31-11-16-6-9-18(25)10-20(16)26/h4-10,13-14,19,21-23H,1-3,11-12H2. The van der Waals surface area contributed by atoms with Crippen molar-refractivity contribution in [1.29, 1.82) is 0 Å². The lowest BCUT2D eigenvalue weighted by Crippen LogP contribution is -2.33. The van der Waals surface area contributed by atoms with Crippen LogP contribution in [0.15, 0.2) is 55.1 Å². The third-order valence-corrected chi connectivity index (χ3v) is 6.62. The molecule has 1 aliphatic heterocycles. The molecule has 10 heteroatoms. The maximum atomic E-state index is 6.69. The Morgan fingerprint density at radius 1 is 1.06 bits per heavy atom. The minimum atomic E-state index is -0.587. The Balaban J connectivity index is 1.36. The summed E-state index contributed by atoms with van der Waals surface area (Å²) in [5.74, 6) is 0. The molecule has 3 aromatic rings. The zero-order valence-corrected chi connectivity index (χ0v) is 20.6. The van der Waals surface area contributed by atoms with Gasteiger partial charge >= 0.3 is 0 Å².